The van der Waals surface area contributed by atoms with Crippen molar-refractivity contribution in [3.63, 3.8) is 0 Å². The zero-order valence-corrected chi connectivity index (χ0v) is 17.1. The second-order valence-electron chi connectivity index (χ2n) is 7.86. The van der Waals surface area contributed by atoms with Crippen molar-refractivity contribution in [2.45, 2.75) is 31.9 Å². The van der Waals surface area contributed by atoms with Crippen LogP contribution in [0.25, 0.3) is 0 Å². The Labute approximate surface area is 178 Å². The summed E-state index contributed by atoms with van der Waals surface area (Å²) in [6, 6.07) is 14.5. The van der Waals surface area contributed by atoms with Gasteiger partial charge in [-0.25, -0.2) is 0 Å². The van der Waals surface area contributed by atoms with Gasteiger partial charge in [0, 0.05) is 36.6 Å². The summed E-state index contributed by atoms with van der Waals surface area (Å²) in [6.45, 7) is 3.13. The number of nitrogens with zero attached hydrogens (tertiary/aromatic N) is 3. The van der Waals surface area contributed by atoms with E-state index in [1.54, 1.807) is 29.3 Å². The van der Waals surface area contributed by atoms with Crippen LogP contribution in [0.3, 0.4) is 0 Å². The molecule has 1 aromatic carbocycles. The van der Waals surface area contributed by atoms with Crippen molar-refractivity contribution in [2.24, 2.45) is 0 Å². The highest BCUT2D eigenvalue weighted by atomic mass is 19.4. The van der Waals surface area contributed by atoms with Crippen LogP contribution in [-0.2, 0) is 12.6 Å². The third kappa shape index (κ3) is 4.93. The molecule has 4 nitrogen and oxygen atoms in total. The molecule has 7 heteroatoms. The Hall–Kier alpha value is -3.22. The van der Waals surface area contributed by atoms with Gasteiger partial charge in [0.1, 0.15) is 5.69 Å². The highest BCUT2D eigenvalue weighted by Gasteiger charge is 2.31. The molecule has 1 aliphatic rings. The molecule has 0 aliphatic carbocycles. The zero-order valence-electron chi connectivity index (χ0n) is 17.1. The van der Waals surface area contributed by atoms with E-state index >= 15 is 0 Å². The van der Waals surface area contributed by atoms with E-state index in [2.05, 4.69) is 9.97 Å². The zero-order chi connectivity index (χ0) is 22.0. The van der Waals surface area contributed by atoms with Crippen LogP contribution in [0.5, 0.6) is 0 Å². The molecule has 1 amide bonds. The first kappa shape index (κ1) is 21.0. The Balaban J connectivity index is 1.47. The van der Waals surface area contributed by atoms with Crippen molar-refractivity contribution in [3.8, 4) is 0 Å². The second kappa shape index (κ2) is 8.49. The van der Waals surface area contributed by atoms with E-state index in [9.17, 15) is 18.0 Å². The minimum atomic E-state index is -4.33. The lowest BCUT2D eigenvalue weighted by Crippen LogP contribution is -2.29. The Kier molecular flexibility index (Phi) is 5.76. The van der Waals surface area contributed by atoms with Gasteiger partial charge in [-0.05, 0) is 67.3 Å². The fourth-order valence-corrected chi connectivity index (χ4v) is 3.96. The molecule has 1 fully saturated rings. The van der Waals surface area contributed by atoms with Gasteiger partial charge in [-0.3, -0.25) is 14.8 Å². The summed E-state index contributed by atoms with van der Waals surface area (Å²) in [6.07, 6.45) is -1.39. The SMILES string of the molecule is Cc1cc(Cc2ccc(C(F)(F)F)cc2)cc([C@@H]2CCN(C(=O)c3ccccn3)C2)n1. The number of halogens is 3. The number of benzene rings is 1. The smallest absolute Gasteiger partial charge is 0.337 e. The maximum atomic E-state index is 12.8. The van der Waals surface area contributed by atoms with Gasteiger partial charge in [0.25, 0.3) is 5.91 Å². The van der Waals surface area contributed by atoms with Gasteiger partial charge < -0.3 is 4.90 Å². The first-order valence-electron chi connectivity index (χ1n) is 10.1. The number of aryl methyl sites for hydroxylation is 1. The van der Waals surface area contributed by atoms with Crippen LogP contribution < -0.4 is 0 Å². The normalized spacial score (nSPS) is 16.5. The van der Waals surface area contributed by atoms with Crippen LogP contribution in [0.1, 0.15) is 50.9 Å². The Bertz CT molecular complexity index is 1070. The first-order valence-corrected chi connectivity index (χ1v) is 10.1. The number of pyridine rings is 2. The molecule has 2 aromatic heterocycles. The van der Waals surface area contributed by atoms with Crippen molar-refractivity contribution in [1.29, 1.82) is 0 Å². The summed E-state index contributed by atoms with van der Waals surface area (Å²) in [5, 5.41) is 0. The Morgan fingerprint density at radius 2 is 1.87 bits per heavy atom. The van der Waals surface area contributed by atoms with Crippen LogP contribution in [-0.4, -0.2) is 33.9 Å². The van der Waals surface area contributed by atoms with Crippen LogP contribution in [0.4, 0.5) is 13.2 Å². The number of likely N-dealkylation sites (tertiary alicyclic amines) is 1. The number of hydrogen-bond donors (Lipinski definition) is 0. The largest absolute Gasteiger partial charge is 0.416 e. The number of hydrogen-bond acceptors (Lipinski definition) is 3. The third-order valence-electron chi connectivity index (χ3n) is 5.50. The molecule has 160 valence electrons. The lowest BCUT2D eigenvalue weighted by Gasteiger charge is -2.16. The van der Waals surface area contributed by atoms with Crippen molar-refractivity contribution < 1.29 is 18.0 Å². The Morgan fingerprint density at radius 1 is 1.10 bits per heavy atom. The predicted molar refractivity (Wildman–Crippen MR) is 111 cm³/mol. The summed E-state index contributed by atoms with van der Waals surface area (Å²) in [5.74, 6) is 0.0413. The fourth-order valence-electron chi connectivity index (χ4n) is 3.96. The van der Waals surface area contributed by atoms with E-state index in [1.807, 2.05) is 19.1 Å². The lowest BCUT2D eigenvalue weighted by atomic mass is 9.98. The molecule has 31 heavy (non-hydrogen) atoms. The first-order chi connectivity index (χ1) is 14.8. The van der Waals surface area contributed by atoms with E-state index in [-0.39, 0.29) is 11.8 Å². The van der Waals surface area contributed by atoms with Gasteiger partial charge in [0.05, 0.1) is 5.56 Å². The van der Waals surface area contributed by atoms with Crippen molar-refractivity contribution in [2.75, 3.05) is 13.1 Å². The minimum absolute atomic E-state index is 0.0827. The number of alkyl halides is 3. The molecule has 0 unspecified atom stereocenters. The molecule has 4 rings (SSSR count). The standard InChI is InChI=1S/C24H22F3N3O/c1-16-12-18(13-17-5-7-20(8-6-17)24(25,26)27)14-22(29-16)19-9-11-30(15-19)23(31)21-4-2-3-10-28-21/h2-8,10,12,14,19H,9,11,13,15H2,1H3/t19-/m1/s1. The van der Waals surface area contributed by atoms with Gasteiger partial charge in [-0.15, -0.1) is 0 Å². The van der Waals surface area contributed by atoms with Crippen molar-refractivity contribution >= 4 is 5.91 Å². The predicted octanol–water partition coefficient (Wildman–Crippen LogP) is 5.02. The summed E-state index contributed by atoms with van der Waals surface area (Å²) < 4.78 is 38.3. The minimum Gasteiger partial charge on any atom is -0.337 e. The van der Waals surface area contributed by atoms with Crippen LogP contribution in [0, 0.1) is 6.92 Å². The van der Waals surface area contributed by atoms with E-state index in [1.165, 1.54) is 12.1 Å². The molecule has 3 heterocycles. The molecule has 1 atom stereocenters. The second-order valence-corrected chi connectivity index (χ2v) is 7.86. The van der Waals surface area contributed by atoms with E-state index in [4.69, 9.17) is 0 Å². The van der Waals surface area contributed by atoms with Gasteiger partial charge in [0.2, 0.25) is 0 Å². The monoisotopic (exact) mass is 425 g/mol. The van der Waals surface area contributed by atoms with Crippen LogP contribution in [0.15, 0.2) is 60.8 Å². The molecule has 0 radical (unpaired) electrons. The molecule has 0 saturated carbocycles. The number of amides is 1. The lowest BCUT2D eigenvalue weighted by molar-refractivity contribution is -0.137. The molecule has 0 spiro atoms. The molecular weight excluding hydrogens is 403 g/mol. The average molecular weight is 425 g/mol. The number of rotatable bonds is 4. The molecule has 1 saturated heterocycles. The molecular formula is C24H22F3N3O. The molecule has 0 N–H and O–H groups in total. The summed E-state index contributed by atoms with van der Waals surface area (Å²) in [4.78, 5) is 23.3. The van der Waals surface area contributed by atoms with Crippen LogP contribution in [0.2, 0.25) is 0 Å². The van der Waals surface area contributed by atoms with E-state index in [0.717, 1.165) is 41.1 Å². The van der Waals surface area contributed by atoms with E-state index in [0.29, 0.717) is 25.2 Å². The summed E-state index contributed by atoms with van der Waals surface area (Å²) in [7, 11) is 0. The van der Waals surface area contributed by atoms with Gasteiger partial charge in [0.15, 0.2) is 0 Å². The number of carbonyl (C=O) groups excluding carboxylic acids is 1. The topological polar surface area (TPSA) is 46.1 Å². The van der Waals surface area contributed by atoms with Crippen LogP contribution >= 0.6 is 0 Å². The third-order valence-corrected chi connectivity index (χ3v) is 5.50. The molecule has 0 bridgehead atoms. The summed E-state index contributed by atoms with van der Waals surface area (Å²) in [5.41, 5.74) is 3.36. The highest BCUT2D eigenvalue weighted by Crippen LogP contribution is 2.30. The quantitative estimate of drug-likeness (QED) is 0.589. The maximum Gasteiger partial charge on any atom is 0.416 e. The van der Waals surface area contributed by atoms with E-state index < -0.39 is 11.7 Å². The van der Waals surface area contributed by atoms with Gasteiger partial charge in [-0.1, -0.05) is 18.2 Å². The Morgan fingerprint density at radius 3 is 2.55 bits per heavy atom. The van der Waals surface area contributed by atoms with Gasteiger partial charge >= 0.3 is 6.18 Å². The maximum absolute atomic E-state index is 12.8. The average Bonchev–Trinajstić information content (AvgIpc) is 3.23. The van der Waals surface area contributed by atoms with Crippen molar-refractivity contribution in [1.82, 2.24) is 14.9 Å². The molecule has 1 aliphatic heterocycles. The van der Waals surface area contributed by atoms with Crippen molar-refractivity contribution in [3.05, 3.63) is 94.6 Å². The van der Waals surface area contributed by atoms with Gasteiger partial charge in [-0.2, -0.15) is 13.2 Å². The fraction of sp³-hybridized carbons (Fsp3) is 0.292. The highest BCUT2D eigenvalue weighted by molar-refractivity contribution is 5.92. The summed E-state index contributed by atoms with van der Waals surface area (Å²) >= 11 is 0. The number of carbonyl (C=O) groups is 1. The molecule has 3 aromatic rings. The number of aromatic nitrogens is 2.